The molecule has 1 aromatic heterocycles. The SMILES string of the molecule is C=C(CC(C)(O)C(F)(F)F)NC(=O)N1CCOc2c(C)cc(-c3cnc(Cl)c(NS(C)=O)c3)cc2C1. The number of nitrogens with one attached hydrogen (secondary N) is 2. The number of carbonyl (C=O) groups is 1. The van der Waals surface area contributed by atoms with E-state index in [0.29, 0.717) is 29.5 Å². The fraction of sp³-hybridized carbons (Fsp3) is 0.391. The van der Waals surface area contributed by atoms with Gasteiger partial charge in [0.05, 0.1) is 18.8 Å². The maximum atomic E-state index is 13.0. The lowest BCUT2D eigenvalue weighted by molar-refractivity contribution is -0.252. The molecule has 0 aliphatic carbocycles. The van der Waals surface area contributed by atoms with Gasteiger partial charge < -0.3 is 24.8 Å². The number of hydrogen-bond donors (Lipinski definition) is 3. The smallest absolute Gasteiger partial charge is 0.417 e. The van der Waals surface area contributed by atoms with Gasteiger partial charge in [-0.05, 0) is 43.2 Å². The number of amides is 2. The number of fused-ring (bicyclic) bond motifs is 1. The predicted octanol–water partition coefficient (Wildman–Crippen LogP) is 4.54. The Balaban J connectivity index is 1.83. The summed E-state index contributed by atoms with van der Waals surface area (Å²) in [7, 11) is -1.36. The molecule has 2 aromatic rings. The van der Waals surface area contributed by atoms with Crippen molar-refractivity contribution in [3.05, 3.63) is 53.0 Å². The van der Waals surface area contributed by atoms with Crippen LogP contribution in [-0.2, 0) is 17.5 Å². The van der Waals surface area contributed by atoms with Crippen LogP contribution >= 0.6 is 11.6 Å². The zero-order chi connectivity index (χ0) is 26.8. The Morgan fingerprint density at radius 2 is 2.03 bits per heavy atom. The lowest BCUT2D eigenvalue weighted by Crippen LogP contribution is -2.45. The molecule has 0 fully saturated rings. The minimum Gasteiger partial charge on any atom is -0.491 e. The van der Waals surface area contributed by atoms with Gasteiger partial charge in [0.25, 0.3) is 0 Å². The van der Waals surface area contributed by atoms with E-state index in [-0.39, 0.29) is 30.5 Å². The fourth-order valence-corrected chi connectivity index (χ4v) is 4.35. The standard InChI is InChI=1S/C23H26ClF3N4O4S/c1-13-7-15(16-9-18(30-36(4)34)20(24)28-11-16)8-17-12-31(5-6-35-19(13)17)21(32)29-14(2)10-22(3,33)23(25,26)27/h7-9,11,30,33H,2,5-6,10,12H2,1,3-4H3,(H,29,32). The second-order valence-corrected chi connectivity index (χ2v) is 10.1. The number of benzene rings is 1. The van der Waals surface area contributed by atoms with Crippen molar-refractivity contribution in [2.75, 3.05) is 24.1 Å². The molecule has 2 heterocycles. The molecule has 2 atom stereocenters. The molecule has 196 valence electrons. The Morgan fingerprint density at radius 3 is 2.67 bits per heavy atom. The van der Waals surface area contributed by atoms with Crippen LogP contribution in [0.4, 0.5) is 23.7 Å². The quantitative estimate of drug-likeness (QED) is 0.462. The minimum atomic E-state index is -4.87. The molecule has 0 radical (unpaired) electrons. The summed E-state index contributed by atoms with van der Waals surface area (Å²) in [5.74, 6) is 0.600. The Bertz CT molecular complexity index is 1210. The monoisotopic (exact) mass is 546 g/mol. The normalized spacial score (nSPS) is 16.2. The first kappa shape index (κ1) is 27.8. The summed E-state index contributed by atoms with van der Waals surface area (Å²) in [5, 5.41) is 12.2. The molecule has 0 saturated carbocycles. The van der Waals surface area contributed by atoms with Crippen LogP contribution in [0.3, 0.4) is 0 Å². The maximum Gasteiger partial charge on any atom is 0.417 e. The number of aliphatic hydroxyl groups is 1. The van der Waals surface area contributed by atoms with Gasteiger partial charge >= 0.3 is 12.2 Å². The third kappa shape index (κ3) is 6.48. The van der Waals surface area contributed by atoms with E-state index in [4.69, 9.17) is 16.3 Å². The second-order valence-electron chi connectivity index (χ2n) is 8.65. The van der Waals surface area contributed by atoms with E-state index >= 15 is 0 Å². The summed E-state index contributed by atoms with van der Waals surface area (Å²) in [4.78, 5) is 18.3. The highest BCUT2D eigenvalue weighted by atomic mass is 35.5. The van der Waals surface area contributed by atoms with E-state index in [1.165, 1.54) is 11.2 Å². The number of aryl methyl sites for hydroxylation is 1. The van der Waals surface area contributed by atoms with E-state index in [2.05, 4.69) is 21.6 Å². The van der Waals surface area contributed by atoms with Crippen LogP contribution in [-0.4, -0.2) is 56.4 Å². The van der Waals surface area contributed by atoms with Crippen molar-refractivity contribution in [3.8, 4) is 16.9 Å². The van der Waals surface area contributed by atoms with Gasteiger partial charge in [-0.3, -0.25) is 0 Å². The first-order valence-corrected chi connectivity index (χ1v) is 12.7. The van der Waals surface area contributed by atoms with Crippen LogP contribution in [0, 0.1) is 6.92 Å². The van der Waals surface area contributed by atoms with Crippen molar-refractivity contribution in [3.63, 3.8) is 0 Å². The number of halogens is 4. The Kier molecular flexibility index (Phi) is 8.21. The summed E-state index contributed by atoms with van der Waals surface area (Å²) in [5.41, 5.74) is 0.0141. The van der Waals surface area contributed by atoms with Crippen molar-refractivity contribution in [1.82, 2.24) is 15.2 Å². The second kappa shape index (κ2) is 10.7. The lowest BCUT2D eigenvalue weighted by Gasteiger charge is -2.28. The van der Waals surface area contributed by atoms with Crippen LogP contribution in [0.5, 0.6) is 5.75 Å². The van der Waals surface area contributed by atoms with Crippen LogP contribution in [0.2, 0.25) is 5.15 Å². The molecule has 0 bridgehead atoms. The summed E-state index contributed by atoms with van der Waals surface area (Å²) >= 11 is 6.09. The molecular formula is C23H26ClF3N4O4S. The molecule has 8 nitrogen and oxygen atoms in total. The third-order valence-corrected chi connectivity index (χ3v) is 6.29. The van der Waals surface area contributed by atoms with Gasteiger partial charge in [0.15, 0.2) is 10.8 Å². The Hall–Kier alpha value is -2.83. The number of rotatable bonds is 6. The maximum absolute atomic E-state index is 13.0. The van der Waals surface area contributed by atoms with Gasteiger partial charge in [-0.25, -0.2) is 14.0 Å². The molecule has 36 heavy (non-hydrogen) atoms. The van der Waals surface area contributed by atoms with Crippen molar-refractivity contribution in [2.45, 2.75) is 38.6 Å². The number of ether oxygens (including phenoxy) is 1. The van der Waals surface area contributed by atoms with E-state index in [0.717, 1.165) is 11.1 Å². The van der Waals surface area contributed by atoms with Crippen molar-refractivity contribution < 1.29 is 32.0 Å². The van der Waals surface area contributed by atoms with Gasteiger partial charge in [-0.15, -0.1) is 0 Å². The minimum absolute atomic E-state index is 0.115. The van der Waals surface area contributed by atoms with Crippen LogP contribution in [0.1, 0.15) is 24.5 Å². The van der Waals surface area contributed by atoms with E-state index in [1.54, 1.807) is 12.3 Å². The molecular weight excluding hydrogens is 521 g/mol. The first-order valence-electron chi connectivity index (χ1n) is 10.7. The zero-order valence-electron chi connectivity index (χ0n) is 19.8. The average Bonchev–Trinajstić information content (AvgIpc) is 2.96. The summed E-state index contributed by atoms with van der Waals surface area (Å²) < 4.78 is 59.1. The van der Waals surface area contributed by atoms with E-state index in [9.17, 15) is 27.3 Å². The van der Waals surface area contributed by atoms with Gasteiger partial charge in [-0.2, -0.15) is 13.2 Å². The first-order chi connectivity index (χ1) is 16.7. The number of nitrogens with zero attached hydrogens (tertiary/aromatic N) is 2. The molecule has 2 unspecified atom stereocenters. The van der Waals surface area contributed by atoms with Crippen molar-refractivity contribution >= 4 is 34.3 Å². The number of hydrogen-bond acceptors (Lipinski definition) is 5. The van der Waals surface area contributed by atoms with Gasteiger partial charge in [0.1, 0.15) is 23.3 Å². The van der Waals surface area contributed by atoms with E-state index in [1.807, 2.05) is 19.1 Å². The Morgan fingerprint density at radius 1 is 1.33 bits per heavy atom. The summed E-state index contributed by atoms with van der Waals surface area (Å²) in [6.07, 6.45) is -2.73. The predicted molar refractivity (Wildman–Crippen MR) is 132 cm³/mol. The summed E-state index contributed by atoms with van der Waals surface area (Å²) in [6.45, 7) is 6.40. The number of pyridine rings is 1. The third-order valence-electron chi connectivity index (χ3n) is 5.49. The van der Waals surface area contributed by atoms with Crippen LogP contribution in [0.15, 0.2) is 36.7 Å². The van der Waals surface area contributed by atoms with Crippen LogP contribution < -0.4 is 14.8 Å². The fourth-order valence-electron chi connectivity index (χ4n) is 3.68. The highest BCUT2D eigenvalue weighted by Crippen LogP contribution is 2.36. The molecule has 13 heteroatoms. The number of alkyl halides is 3. The lowest BCUT2D eigenvalue weighted by atomic mass is 9.99. The van der Waals surface area contributed by atoms with Crippen LogP contribution in [0.25, 0.3) is 11.1 Å². The van der Waals surface area contributed by atoms with Crippen molar-refractivity contribution in [2.24, 2.45) is 0 Å². The number of urea groups is 1. The molecule has 3 rings (SSSR count). The molecule has 2 amide bonds. The topological polar surface area (TPSA) is 104 Å². The number of carbonyl (C=O) groups excluding carboxylic acids is 1. The molecule has 3 N–H and O–H groups in total. The molecule has 1 aliphatic heterocycles. The molecule has 1 aromatic carbocycles. The molecule has 0 saturated heterocycles. The van der Waals surface area contributed by atoms with Gasteiger partial charge in [0, 0.05) is 35.7 Å². The molecule has 1 aliphatic rings. The van der Waals surface area contributed by atoms with Gasteiger partial charge in [0.2, 0.25) is 0 Å². The number of anilines is 1. The number of aromatic nitrogens is 1. The highest BCUT2D eigenvalue weighted by Gasteiger charge is 2.50. The average molecular weight is 547 g/mol. The van der Waals surface area contributed by atoms with Gasteiger partial charge in [-0.1, -0.05) is 18.2 Å². The molecule has 0 spiro atoms. The zero-order valence-corrected chi connectivity index (χ0v) is 21.4. The highest BCUT2D eigenvalue weighted by molar-refractivity contribution is 7.85. The van der Waals surface area contributed by atoms with E-state index < -0.39 is 35.2 Å². The summed E-state index contributed by atoms with van der Waals surface area (Å²) in [6, 6.07) is 4.74. The largest absolute Gasteiger partial charge is 0.491 e. The van der Waals surface area contributed by atoms with Crippen molar-refractivity contribution in [1.29, 1.82) is 0 Å². The Labute approximate surface area is 214 Å².